The molecule has 7 heavy (non-hydrogen) atoms. The van der Waals surface area contributed by atoms with Crippen LogP contribution >= 0.6 is 20.1 Å². The molecule has 0 amide bonds. The largest absolute Gasteiger partial charge is 0.275 e. The Bertz CT molecular complexity index is 85.7. The third-order valence-corrected chi connectivity index (χ3v) is 0.933. The third kappa shape index (κ3) is 6.13. The molecule has 0 aliphatic carbocycles. The number of halogens is 1. The summed E-state index contributed by atoms with van der Waals surface area (Å²) in [5.74, 6) is 0. The van der Waals surface area contributed by atoms with Gasteiger partial charge in [-0.3, -0.25) is 4.57 Å². The Kier molecular flexibility index (Phi) is 4.37. The van der Waals surface area contributed by atoms with Crippen molar-refractivity contribution in [2.45, 2.75) is 6.92 Å². The van der Waals surface area contributed by atoms with Gasteiger partial charge in [0.2, 0.25) is 0 Å². The first-order chi connectivity index (χ1) is 3.27. The highest BCUT2D eigenvalue weighted by molar-refractivity contribution is 7.23. The normalized spacial score (nSPS) is 12.6. The Hall–Kier alpha value is 0.130. The maximum absolute atomic E-state index is 9.70. The summed E-state index contributed by atoms with van der Waals surface area (Å²) in [5, 5.41) is 0.698. The van der Waals surface area contributed by atoms with E-state index in [0.29, 0.717) is 11.2 Å². The zero-order valence-corrected chi connectivity index (χ0v) is 5.67. The van der Waals surface area contributed by atoms with Gasteiger partial charge in [0, 0.05) is 11.2 Å². The van der Waals surface area contributed by atoms with E-state index in [0.717, 1.165) is 0 Å². The number of allylic oxidation sites excluding steroid dienone is 2. The van der Waals surface area contributed by atoms with E-state index in [1.165, 1.54) is 0 Å². The topological polar surface area (TPSA) is 17.1 Å². The van der Waals surface area contributed by atoms with Crippen molar-refractivity contribution in [1.82, 2.24) is 0 Å². The Morgan fingerprint density at radius 1 is 2.00 bits per heavy atom. The Labute approximate surface area is 49.6 Å². The molecule has 40 valence electrons. The highest BCUT2D eigenvalue weighted by Gasteiger charge is 1.76. The second-order valence-corrected chi connectivity index (χ2v) is 2.32. The van der Waals surface area contributed by atoms with E-state index >= 15 is 0 Å². The molecular weight excluding hydrogens is 130 g/mol. The molecule has 3 heteroatoms. The molecule has 0 aromatic heterocycles. The molecule has 0 atom stereocenters. The van der Waals surface area contributed by atoms with Crippen molar-refractivity contribution in [1.29, 1.82) is 0 Å². The lowest BCUT2D eigenvalue weighted by molar-refractivity contribution is 0.600. The molecule has 0 aromatic rings. The summed E-state index contributed by atoms with van der Waals surface area (Å²) in [6.07, 6.45) is 2.23. The molecule has 0 unspecified atom stereocenters. The summed E-state index contributed by atoms with van der Waals surface area (Å²) in [6, 6.07) is 0. The molecule has 0 aliphatic rings. The third-order valence-electron chi connectivity index (χ3n) is 0.447. The van der Waals surface area contributed by atoms with Crippen LogP contribution in [0.5, 0.6) is 0 Å². The van der Waals surface area contributed by atoms with E-state index in [4.69, 9.17) is 11.6 Å². The lowest BCUT2D eigenvalue weighted by Crippen LogP contribution is -1.60. The lowest BCUT2D eigenvalue weighted by Gasteiger charge is -1.76. The van der Waals surface area contributed by atoms with Gasteiger partial charge in [-0.2, -0.15) is 0 Å². The minimum absolute atomic E-state index is 0.129. The van der Waals surface area contributed by atoms with Gasteiger partial charge in [-0.1, -0.05) is 17.7 Å². The van der Waals surface area contributed by atoms with Gasteiger partial charge in [0.25, 0.3) is 0 Å². The highest BCUT2D eigenvalue weighted by atomic mass is 35.5. The average molecular weight is 137 g/mol. The predicted octanol–water partition coefficient (Wildman–Crippen LogP) is 2.42. The summed E-state index contributed by atoms with van der Waals surface area (Å²) < 4.78 is 9.70. The van der Waals surface area contributed by atoms with Crippen LogP contribution in [0, 0.1) is 0 Å². The smallest absolute Gasteiger partial charge is 0.159 e. The highest BCUT2D eigenvalue weighted by Crippen LogP contribution is 2.00. The van der Waals surface area contributed by atoms with Gasteiger partial charge in [0.05, 0.1) is 0 Å². The van der Waals surface area contributed by atoms with Gasteiger partial charge >= 0.3 is 0 Å². The monoisotopic (exact) mass is 136 g/mol. The molecule has 0 spiro atoms. The van der Waals surface area contributed by atoms with Crippen molar-refractivity contribution in [3.05, 3.63) is 11.1 Å². The molecule has 0 radical (unpaired) electrons. The first-order valence-corrected chi connectivity index (χ1v) is 3.26. The summed E-state index contributed by atoms with van der Waals surface area (Å²) in [6.45, 7) is 1.76. The van der Waals surface area contributed by atoms with Gasteiger partial charge in [-0.25, -0.2) is 0 Å². The maximum Gasteiger partial charge on any atom is 0.159 e. The minimum Gasteiger partial charge on any atom is -0.275 e. The molecule has 0 heterocycles. The Balaban J connectivity index is 3.25. The van der Waals surface area contributed by atoms with Crippen molar-refractivity contribution < 1.29 is 4.57 Å². The summed E-state index contributed by atoms with van der Waals surface area (Å²) in [7, 11) is 0.129. The molecule has 0 N–H and O–H groups in total. The van der Waals surface area contributed by atoms with Crippen LogP contribution in [0.1, 0.15) is 6.92 Å². The second-order valence-electron chi connectivity index (χ2n) is 1.10. The number of hydrogen-bond acceptors (Lipinski definition) is 1. The van der Waals surface area contributed by atoms with Crippen LogP contribution in [-0.2, 0) is 4.57 Å². The van der Waals surface area contributed by atoms with Crippen molar-refractivity contribution in [2.75, 3.05) is 6.16 Å². The fourth-order valence-corrected chi connectivity index (χ4v) is 0.696. The first kappa shape index (κ1) is 7.13. The molecule has 1 nitrogen and oxygen atoms in total. The van der Waals surface area contributed by atoms with Crippen LogP contribution in [-0.4, -0.2) is 6.16 Å². The summed E-state index contributed by atoms with van der Waals surface area (Å²) >= 11 is 5.37. The quantitative estimate of drug-likeness (QED) is 0.533. The maximum atomic E-state index is 9.70. The van der Waals surface area contributed by atoms with E-state index in [-0.39, 0.29) is 8.46 Å². The van der Waals surface area contributed by atoms with Crippen molar-refractivity contribution in [2.24, 2.45) is 0 Å². The molecular formula is C4H6ClOP. The number of rotatable bonds is 2. The fraction of sp³-hybridized carbons (Fsp3) is 0.500. The molecule has 0 saturated carbocycles. The van der Waals surface area contributed by atoms with E-state index in [1.807, 2.05) is 0 Å². The molecule has 0 saturated heterocycles. The number of hydrogen-bond donors (Lipinski definition) is 0. The van der Waals surface area contributed by atoms with E-state index in [2.05, 4.69) is 0 Å². The van der Waals surface area contributed by atoms with Gasteiger partial charge < -0.3 is 0 Å². The van der Waals surface area contributed by atoms with Crippen molar-refractivity contribution >= 4 is 20.1 Å². The standard InChI is InChI=1S/C4H6ClOP/c1-4(5)2-3-7-6/h2H,3H2,1H3/b4-2-. The average Bonchev–Trinajstić information content (AvgIpc) is 1.61. The van der Waals surface area contributed by atoms with Crippen LogP contribution < -0.4 is 0 Å². The van der Waals surface area contributed by atoms with Gasteiger partial charge in [0.1, 0.15) is 0 Å². The van der Waals surface area contributed by atoms with E-state index in [9.17, 15) is 4.57 Å². The molecule has 0 fully saturated rings. The van der Waals surface area contributed by atoms with Gasteiger partial charge in [0.15, 0.2) is 8.46 Å². The van der Waals surface area contributed by atoms with Crippen molar-refractivity contribution in [3.8, 4) is 0 Å². The van der Waals surface area contributed by atoms with Gasteiger partial charge in [-0.05, 0) is 6.92 Å². The van der Waals surface area contributed by atoms with Crippen LogP contribution in [0.25, 0.3) is 0 Å². The second kappa shape index (κ2) is 4.29. The zero-order valence-electron chi connectivity index (χ0n) is 4.02. The van der Waals surface area contributed by atoms with Crippen molar-refractivity contribution in [3.63, 3.8) is 0 Å². The summed E-state index contributed by atoms with van der Waals surface area (Å²) in [4.78, 5) is 0. The van der Waals surface area contributed by atoms with Crippen LogP contribution in [0.4, 0.5) is 0 Å². The van der Waals surface area contributed by atoms with Crippen LogP contribution in [0.3, 0.4) is 0 Å². The van der Waals surface area contributed by atoms with E-state index < -0.39 is 0 Å². The molecule has 0 aromatic carbocycles. The fourth-order valence-electron chi connectivity index (χ4n) is 0.163. The van der Waals surface area contributed by atoms with Crippen LogP contribution in [0.15, 0.2) is 11.1 Å². The SMILES string of the molecule is C/C(Cl)=C/CP=O. The van der Waals surface area contributed by atoms with E-state index in [1.54, 1.807) is 13.0 Å². The molecule has 0 aliphatic heterocycles. The predicted molar refractivity (Wildman–Crippen MR) is 32.1 cm³/mol. The van der Waals surface area contributed by atoms with Crippen LogP contribution in [0.2, 0.25) is 0 Å². The molecule has 0 bridgehead atoms. The first-order valence-electron chi connectivity index (χ1n) is 1.88. The Morgan fingerprint density at radius 3 is 2.71 bits per heavy atom. The zero-order chi connectivity index (χ0) is 5.70. The minimum atomic E-state index is 0.129. The lowest BCUT2D eigenvalue weighted by atomic mass is 10.6. The molecule has 0 rings (SSSR count). The Morgan fingerprint density at radius 2 is 2.57 bits per heavy atom. The van der Waals surface area contributed by atoms with Gasteiger partial charge in [-0.15, -0.1) is 0 Å². The summed E-state index contributed by atoms with van der Waals surface area (Å²) in [5.41, 5.74) is 0.